The van der Waals surface area contributed by atoms with Crippen molar-refractivity contribution in [2.24, 2.45) is 0 Å². The molecular formula is C14H12BrNO3. The number of aromatic carboxylic acids is 1. The molecule has 98 valence electrons. The highest BCUT2D eigenvalue weighted by molar-refractivity contribution is 9.10. The summed E-state index contributed by atoms with van der Waals surface area (Å²) in [5, 5.41) is 9.13. The van der Waals surface area contributed by atoms with Gasteiger partial charge in [-0.1, -0.05) is 6.07 Å². The summed E-state index contributed by atoms with van der Waals surface area (Å²) in [6.07, 6.45) is 0. The van der Waals surface area contributed by atoms with Crippen molar-refractivity contribution < 1.29 is 14.6 Å². The molecule has 0 amide bonds. The lowest BCUT2D eigenvalue weighted by molar-refractivity contribution is 0.0694. The first-order valence-corrected chi connectivity index (χ1v) is 6.33. The molecule has 4 nitrogen and oxygen atoms in total. The molecule has 0 aliphatic carbocycles. The van der Waals surface area contributed by atoms with Gasteiger partial charge < -0.3 is 15.6 Å². The van der Waals surface area contributed by atoms with Crippen LogP contribution in [0.25, 0.3) is 0 Å². The lowest BCUT2D eigenvalue weighted by Crippen LogP contribution is -2.01. The molecule has 0 spiro atoms. The minimum absolute atomic E-state index is 0.0347. The first-order chi connectivity index (χ1) is 8.97. The fraction of sp³-hybridized carbons (Fsp3) is 0.0714. The van der Waals surface area contributed by atoms with E-state index < -0.39 is 5.97 Å². The summed E-state index contributed by atoms with van der Waals surface area (Å²) < 4.78 is 6.39. The maximum Gasteiger partial charge on any atom is 0.339 e. The number of carboxylic acids is 1. The average Bonchev–Trinajstić information content (AvgIpc) is 2.34. The summed E-state index contributed by atoms with van der Waals surface area (Å²) in [4.78, 5) is 11.2. The minimum Gasteiger partial charge on any atom is -0.478 e. The van der Waals surface area contributed by atoms with Crippen LogP contribution in [0.1, 0.15) is 15.9 Å². The molecule has 0 saturated carbocycles. The van der Waals surface area contributed by atoms with Crippen molar-refractivity contribution in [2.75, 3.05) is 5.73 Å². The largest absolute Gasteiger partial charge is 0.478 e. The minimum atomic E-state index is -1.08. The highest BCUT2D eigenvalue weighted by atomic mass is 79.9. The van der Waals surface area contributed by atoms with E-state index in [0.717, 1.165) is 10.0 Å². The van der Waals surface area contributed by atoms with Gasteiger partial charge in [-0.25, -0.2) is 4.79 Å². The van der Waals surface area contributed by atoms with Gasteiger partial charge >= 0.3 is 5.97 Å². The fourth-order valence-electron chi connectivity index (χ4n) is 1.61. The zero-order chi connectivity index (χ0) is 14.0. The summed E-state index contributed by atoms with van der Waals surface area (Å²) in [5.41, 5.74) is 7.08. The maximum absolute atomic E-state index is 11.2. The number of aryl methyl sites for hydroxylation is 1. The highest BCUT2D eigenvalue weighted by Gasteiger charge is 2.13. The van der Waals surface area contributed by atoms with E-state index in [-0.39, 0.29) is 11.3 Å². The molecule has 0 aromatic heterocycles. The maximum atomic E-state index is 11.2. The summed E-state index contributed by atoms with van der Waals surface area (Å²) in [5.74, 6) is -0.269. The van der Waals surface area contributed by atoms with E-state index in [1.54, 1.807) is 18.2 Å². The number of ether oxygens (including phenoxy) is 1. The molecule has 0 saturated heterocycles. The molecule has 19 heavy (non-hydrogen) atoms. The van der Waals surface area contributed by atoms with Crippen LogP contribution in [-0.4, -0.2) is 11.1 Å². The molecule has 3 N–H and O–H groups in total. The van der Waals surface area contributed by atoms with Crippen LogP contribution < -0.4 is 10.5 Å². The lowest BCUT2D eigenvalue weighted by Gasteiger charge is -2.11. The number of nitrogens with two attached hydrogens (primary N) is 1. The van der Waals surface area contributed by atoms with Crippen molar-refractivity contribution in [2.45, 2.75) is 6.92 Å². The molecule has 0 aliphatic heterocycles. The van der Waals surface area contributed by atoms with Gasteiger partial charge in [0.15, 0.2) is 0 Å². The first kappa shape index (κ1) is 13.4. The van der Waals surface area contributed by atoms with Gasteiger partial charge in [-0.2, -0.15) is 0 Å². The topological polar surface area (TPSA) is 72.5 Å². The summed E-state index contributed by atoms with van der Waals surface area (Å²) in [6.45, 7) is 1.96. The second-order valence-corrected chi connectivity index (χ2v) is 4.95. The Morgan fingerprint density at radius 1 is 1.21 bits per heavy atom. The molecule has 2 aromatic rings. The molecule has 5 heteroatoms. The Morgan fingerprint density at radius 2 is 1.89 bits per heavy atom. The van der Waals surface area contributed by atoms with E-state index in [4.69, 9.17) is 15.6 Å². The number of anilines is 1. The monoisotopic (exact) mass is 321 g/mol. The van der Waals surface area contributed by atoms with Gasteiger partial charge in [0.25, 0.3) is 0 Å². The molecule has 0 aliphatic rings. The van der Waals surface area contributed by atoms with Crippen LogP contribution >= 0.6 is 15.9 Å². The zero-order valence-corrected chi connectivity index (χ0v) is 11.8. The van der Waals surface area contributed by atoms with E-state index in [9.17, 15) is 4.79 Å². The molecule has 0 bridgehead atoms. The normalized spacial score (nSPS) is 10.2. The Hall–Kier alpha value is -2.01. The zero-order valence-electron chi connectivity index (χ0n) is 10.2. The van der Waals surface area contributed by atoms with Gasteiger partial charge in [-0.3, -0.25) is 0 Å². The lowest BCUT2D eigenvalue weighted by atomic mass is 10.2. The van der Waals surface area contributed by atoms with Crippen molar-refractivity contribution in [1.29, 1.82) is 0 Å². The summed E-state index contributed by atoms with van der Waals surface area (Å²) in [7, 11) is 0. The molecule has 0 heterocycles. The van der Waals surface area contributed by atoms with Gasteiger partial charge in [0.2, 0.25) is 0 Å². The Labute approximate surface area is 118 Å². The van der Waals surface area contributed by atoms with E-state index in [1.807, 2.05) is 19.1 Å². The predicted octanol–water partition coefficient (Wildman–Crippen LogP) is 3.83. The van der Waals surface area contributed by atoms with E-state index in [2.05, 4.69) is 15.9 Å². The summed E-state index contributed by atoms with van der Waals surface area (Å²) >= 11 is 3.38. The molecule has 0 unspecified atom stereocenters. The van der Waals surface area contributed by atoms with Gasteiger partial charge in [0, 0.05) is 5.69 Å². The summed E-state index contributed by atoms with van der Waals surface area (Å²) in [6, 6.07) is 10.1. The van der Waals surface area contributed by atoms with Gasteiger partial charge in [-0.15, -0.1) is 0 Å². The van der Waals surface area contributed by atoms with Crippen LogP contribution in [0.2, 0.25) is 0 Å². The van der Waals surface area contributed by atoms with E-state index in [0.29, 0.717) is 11.4 Å². The van der Waals surface area contributed by atoms with Crippen molar-refractivity contribution in [3.05, 3.63) is 52.0 Å². The van der Waals surface area contributed by atoms with Gasteiger partial charge in [0.1, 0.15) is 17.1 Å². The Bertz CT molecular complexity index is 641. The molecular weight excluding hydrogens is 310 g/mol. The smallest absolute Gasteiger partial charge is 0.339 e. The molecule has 0 atom stereocenters. The van der Waals surface area contributed by atoms with Crippen LogP contribution in [0.5, 0.6) is 11.5 Å². The SMILES string of the molecule is Cc1ccc(Oc2ccc(N)cc2C(=O)O)c(Br)c1. The third-order valence-electron chi connectivity index (χ3n) is 2.54. The van der Waals surface area contributed by atoms with Crippen molar-refractivity contribution in [1.82, 2.24) is 0 Å². The number of nitrogen functional groups attached to an aromatic ring is 1. The third kappa shape index (κ3) is 3.06. The Kier molecular flexibility index (Phi) is 3.76. The van der Waals surface area contributed by atoms with Gasteiger partial charge in [0.05, 0.1) is 4.47 Å². The number of hydrogen-bond donors (Lipinski definition) is 2. The number of carboxylic acid groups (broad SMARTS) is 1. The third-order valence-corrected chi connectivity index (χ3v) is 3.16. The number of carbonyl (C=O) groups is 1. The average molecular weight is 322 g/mol. The molecule has 0 fully saturated rings. The predicted molar refractivity (Wildman–Crippen MR) is 76.8 cm³/mol. The quantitative estimate of drug-likeness (QED) is 0.843. The standard InChI is InChI=1S/C14H12BrNO3/c1-8-2-4-13(11(15)6-8)19-12-5-3-9(16)7-10(12)14(17)18/h2-7H,16H2,1H3,(H,17,18). The number of benzene rings is 2. The van der Waals surface area contributed by atoms with Crippen LogP contribution in [0.4, 0.5) is 5.69 Å². The first-order valence-electron chi connectivity index (χ1n) is 5.54. The van der Waals surface area contributed by atoms with Crippen LogP contribution in [0, 0.1) is 6.92 Å². The van der Waals surface area contributed by atoms with E-state index in [1.165, 1.54) is 6.07 Å². The second-order valence-electron chi connectivity index (χ2n) is 4.10. The number of halogens is 1. The van der Waals surface area contributed by atoms with Gasteiger partial charge in [-0.05, 0) is 58.7 Å². The second kappa shape index (κ2) is 5.32. The van der Waals surface area contributed by atoms with Crippen molar-refractivity contribution >= 4 is 27.6 Å². The molecule has 2 rings (SSSR count). The van der Waals surface area contributed by atoms with Crippen LogP contribution in [-0.2, 0) is 0 Å². The van der Waals surface area contributed by atoms with Crippen LogP contribution in [0.15, 0.2) is 40.9 Å². The highest BCUT2D eigenvalue weighted by Crippen LogP contribution is 2.32. The van der Waals surface area contributed by atoms with Crippen molar-refractivity contribution in [3.63, 3.8) is 0 Å². The Balaban J connectivity index is 2.40. The molecule has 0 radical (unpaired) electrons. The number of rotatable bonds is 3. The Morgan fingerprint density at radius 3 is 2.53 bits per heavy atom. The van der Waals surface area contributed by atoms with Crippen LogP contribution in [0.3, 0.4) is 0 Å². The molecule has 2 aromatic carbocycles. The number of hydrogen-bond acceptors (Lipinski definition) is 3. The van der Waals surface area contributed by atoms with E-state index >= 15 is 0 Å². The van der Waals surface area contributed by atoms with Crippen molar-refractivity contribution in [3.8, 4) is 11.5 Å². The fourth-order valence-corrected chi connectivity index (χ4v) is 2.19.